The topological polar surface area (TPSA) is 70.1 Å². The smallest absolute Gasteiger partial charge is 0.240 e. The van der Waals surface area contributed by atoms with Crippen LogP contribution in [0.2, 0.25) is 0 Å². The van der Waals surface area contributed by atoms with Crippen molar-refractivity contribution in [3.05, 3.63) is 29.6 Å². The normalized spacial score (nSPS) is 19.1. The molecular formula is C12H12FN3O. The molecule has 0 spiro atoms. The van der Waals surface area contributed by atoms with Gasteiger partial charge < -0.3 is 10.6 Å². The summed E-state index contributed by atoms with van der Waals surface area (Å²) < 4.78 is 13.8. The third-order valence-electron chi connectivity index (χ3n) is 2.97. The Morgan fingerprint density at radius 1 is 1.59 bits per heavy atom. The Hall–Kier alpha value is -2.09. The van der Waals surface area contributed by atoms with Gasteiger partial charge >= 0.3 is 0 Å². The number of halogens is 1. The van der Waals surface area contributed by atoms with Crippen LogP contribution in [0.1, 0.15) is 18.4 Å². The number of hydrogen-bond donors (Lipinski definition) is 1. The first-order valence-corrected chi connectivity index (χ1v) is 5.39. The second-order valence-corrected chi connectivity index (χ2v) is 4.03. The number of nitrogens with two attached hydrogens (primary N) is 1. The summed E-state index contributed by atoms with van der Waals surface area (Å²) in [4.78, 5) is 12.9. The van der Waals surface area contributed by atoms with Crippen molar-refractivity contribution < 1.29 is 9.18 Å². The highest BCUT2D eigenvalue weighted by Gasteiger charge is 2.30. The Bertz CT molecular complexity index is 495. The molecule has 1 amide bonds. The number of benzene rings is 1. The van der Waals surface area contributed by atoms with Gasteiger partial charge in [-0.2, -0.15) is 5.26 Å². The van der Waals surface area contributed by atoms with E-state index in [1.54, 1.807) is 4.90 Å². The van der Waals surface area contributed by atoms with Gasteiger partial charge in [-0.25, -0.2) is 4.39 Å². The minimum absolute atomic E-state index is 0.265. The number of nitrogens with zero attached hydrogens (tertiary/aromatic N) is 2. The zero-order chi connectivity index (χ0) is 12.4. The van der Waals surface area contributed by atoms with Gasteiger partial charge in [-0.05, 0) is 31.0 Å². The molecule has 2 rings (SSSR count). The summed E-state index contributed by atoms with van der Waals surface area (Å²) in [6.45, 7) is 0.608. The van der Waals surface area contributed by atoms with E-state index in [-0.39, 0.29) is 5.56 Å². The fourth-order valence-electron chi connectivity index (χ4n) is 2.16. The van der Waals surface area contributed by atoms with Crippen LogP contribution in [0.4, 0.5) is 10.1 Å². The maximum Gasteiger partial charge on any atom is 0.240 e. The van der Waals surface area contributed by atoms with E-state index in [4.69, 9.17) is 11.0 Å². The molecule has 0 aromatic heterocycles. The summed E-state index contributed by atoms with van der Waals surface area (Å²) in [5.74, 6) is -0.927. The molecule has 1 atom stereocenters. The first-order valence-electron chi connectivity index (χ1n) is 5.39. The van der Waals surface area contributed by atoms with Gasteiger partial charge in [0, 0.05) is 6.54 Å². The lowest BCUT2D eigenvalue weighted by Gasteiger charge is -2.24. The van der Waals surface area contributed by atoms with Crippen molar-refractivity contribution >= 4 is 11.6 Å². The molecule has 0 saturated carbocycles. The van der Waals surface area contributed by atoms with Crippen LogP contribution < -0.4 is 10.6 Å². The fourth-order valence-corrected chi connectivity index (χ4v) is 2.16. The van der Waals surface area contributed by atoms with Gasteiger partial charge in [0.2, 0.25) is 5.91 Å². The summed E-state index contributed by atoms with van der Waals surface area (Å²) in [5, 5.41) is 8.65. The second kappa shape index (κ2) is 4.42. The highest BCUT2D eigenvalue weighted by atomic mass is 19.1. The van der Waals surface area contributed by atoms with E-state index >= 15 is 0 Å². The van der Waals surface area contributed by atoms with Gasteiger partial charge in [-0.1, -0.05) is 0 Å². The second-order valence-electron chi connectivity index (χ2n) is 4.03. The molecule has 5 heteroatoms. The molecule has 1 unspecified atom stereocenters. The molecule has 1 saturated heterocycles. The van der Waals surface area contributed by atoms with Gasteiger partial charge in [-0.15, -0.1) is 0 Å². The molecule has 88 valence electrons. The third-order valence-corrected chi connectivity index (χ3v) is 2.97. The molecule has 2 N–H and O–H groups in total. The van der Waals surface area contributed by atoms with Crippen LogP contribution in [0.5, 0.6) is 0 Å². The summed E-state index contributed by atoms with van der Waals surface area (Å²) >= 11 is 0. The first-order chi connectivity index (χ1) is 8.13. The lowest BCUT2D eigenvalue weighted by Crippen LogP contribution is -2.40. The minimum Gasteiger partial charge on any atom is -0.368 e. The van der Waals surface area contributed by atoms with Crippen molar-refractivity contribution in [1.82, 2.24) is 0 Å². The van der Waals surface area contributed by atoms with E-state index in [0.29, 0.717) is 18.7 Å². The van der Waals surface area contributed by atoms with Crippen LogP contribution in [0.25, 0.3) is 0 Å². The number of anilines is 1. The van der Waals surface area contributed by atoms with Crippen molar-refractivity contribution in [3.63, 3.8) is 0 Å². The number of rotatable bonds is 2. The molecule has 4 nitrogen and oxygen atoms in total. The highest BCUT2D eigenvalue weighted by molar-refractivity contribution is 5.84. The van der Waals surface area contributed by atoms with Gasteiger partial charge in [0.25, 0.3) is 0 Å². The standard InChI is InChI=1S/C12H12FN3O/c13-9-6-8(7-14)3-4-10(9)16-5-1-2-11(16)12(15)17/h3-4,6,11H,1-2,5H2,(H2,15,17). The third kappa shape index (κ3) is 2.07. The van der Waals surface area contributed by atoms with Gasteiger partial charge in [-0.3, -0.25) is 4.79 Å². The Morgan fingerprint density at radius 2 is 2.35 bits per heavy atom. The average Bonchev–Trinajstić information content (AvgIpc) is 2.77. The number of carbonyl (C=O) groups is 1. The number of primary amides is 1. The van der Waals surface area contributed by atoms with E-state index < -0.39 is 17.8 Å². The first kappa shape index (κ1) is 11.4. The number of carbonyl (C=O) groups excluding carboxylic acids is 1. The highest BCUT2D eigenvalue weighted by Crippen LogP contribution is 2.28. The molecule has 1 aromatic rings. The molecule has 1 aliphatic rings. The van der Waals surface area contributed by atoms with Crippen LogP contribution in [0, 0.1) is 17.1 Å². The fraction of sp³-hybridized carbons (Fsp3) is 0.333. The predicted molar refractivity (Wildman–Crippen MR) is 60.7 cm³/mol. The molecule has 1 heterocycles. The molecule has 0 bridgehead atoms. The van der Waals surface area contributed by atoms with Crippen LogP contribution in [-0.2, 0) is 4.79 Å². The molecule has 1 aliphatic heterocycles. The van der Waals surface area contributed by atoms with Crippen LogP contribution in [0.15, 0.2) is 18.2 Å². The van der Waals surface area contributed by atoms with Crippen LogP contribution >= 0.6 is 0 Å². The van der Waals surface area contributed by atoms with E-state index in [1.165, 1.54) is 18.2 Å². The van der Waals surface area contributed by atoms with Gasteiger partial charge in [0.05, 0.1) is 17.3 Å². The lowest BCUT2D eigenvalue weighted by atomic mass is 10.1. The number of amides is 1. The minimum atomic E-state index is -0.489. The zero-order valence-electron chi connectivity index (χ0n) is 9.19. The van der Waals surface area contributed by atoms with Crippen molar-refractivity contribution in [2.45, 2.75) is 18.9 Å². The number of nitriles is 1. The van der Waals surface area contributed by atoms with Crippen molar-refractivity contribution in [2.75, 3.05) is 11.4 Å². The summed E-state index contributed by atoms with van der Waals surface area (Å²) in [7, 11) is 0. The monoisotopic (exact) mass is 233 g/mol. The quantitative estimate of drug-likeness (QED) is 0.833. The van der Waals surface area contributed by atoms with E-state index in [9.17, 15) is 9.18 Å². The maximum atomic E-state index is 13.8. The SMILES string of the molecule is N#Cc1ccc(N2CCCC2C(N)=O)c(F)c1. The molecular weight excluding hydrogens is 221 g/mol. The zero-order valence-corrected chi connectivity index (χ0v) is 9.19. The Balaban J connectivity index is 2.34. The van der Waals surface area contributed by atoms with E-state index in [2.05, 4.69) is 0 Å². The molecule has 1 fully saturated rings. The largest absolute Gasteiger partial charge is 0.368 e. The summed E-state index contributed by atoms with van der Waals surface area (Å²) in [6.07, 6.45) is 1.46. The predicted octanol–water partition coefficient (Wildman–Crippen LogP) is 1.15. The Kier molecular flexibility index (Phi) is 2.96. The van der Waals surface area contributed by atoms with Crippen molar-refractivity contribution in [1.29, 1.82) is 5.26 Å². The van der Waals surface area contributed by atoms with Crippen molar-refractivity contribution in [3.8, 4) is 6.07 Å². The van der Waals surface area contributed by atoms with Crippen molar-refractivity contribution in [2.24, 2.45) is 5.73 Å². The summed E-state index contributed by atoms with van der Waals surface area (Å²) in [6, 6.07) is 5.65. The average molecular weight is 233 g/mol. The van der Waals surface area contributed by atoms with Crippen LogP contribution in [-0.4, -0.2) is 18.5 Å². The molecule has 1 aromatic carbocycles. The number of hydrogen-bond acceptors (Lipinski definition) is 3. The molecule has 17 heavy (non-hydrogen) atoms. The lowest BCUT2D eigenvalue weighted by molar-refractivity contribution is -0.119. The van der Waals surface area contributed by atoms with E-state index in [0.717, 1.165) is 6.42 Å². The van der Waals surface area contributed by atoms with Crippen LogP contribution in [0.3, 0.4) is 0 Å². The van der Waals surface area contributed by atoms with Gasteiger partial charge in [0.1, 0.15) is 11.9 Å². The Labute approximate surface area is 98.4 Å². The summed E-state index contributed by atoms with van der Waals surface area (Å²) in [5.41, 5.74) is 5.88. The maximum absolute atomic E-state index is 13.8. The van der Waals surface area contributed by atoms with Gasteiger partial charge in [0.15, 0.2) is 0 Å². The molecule has 0 aliphatic carbocycles. The Morgan fingerprint density at radius 3 is 2.94 bits per heavy atom. The molecule has 0 radical (unpaired) electrons. The van der Waals surface area contributed by atoms with E-state index in [1.807, 2.05) is 6.07 Å².